The summed E-state index contributed by atoms with van der Waals surface area (Å²) in [5, 5.41) is 19.2. The van der Waals surface area contributed by atoms with Crippen molar-refractivity contribution in [1.29, 1.82) is 0 Å². The summed E-state index contributed by atoms with van der Waals surface area (Å²) in [6.07, 6.45) is -1.81. The van der Waals surface area contributed by atoms with Crippen LogP contribution in [0.2, 0.25) is 0 Å². The van der Waals surface area contributed by atoms with Gasteiger partial charge in [0.1, 0.15) is 5.75 Å². The second-order valence-electron chi connectivity index (χ2n) is 6.12. The van der Waals surface area contributed by atoms with Crippen molar-refractivity contribution in [3.8, 4) is 5.75 Å². The Morgan fingerprint density at radius 1 is 1.10 bits per heavy atom. The Morgan fingerprint density at radius 2 is 1.67 bits per heavy atom. The second kappa shape index (κ2) is 5.13. The maximum absolute atomic E-state index is 12.5. The summed E-state index contributed by atoms with van der Waals surface area (Å²) in [6.45, 7) is 5.21. The third-order valence-corrected chi connectivity index (χ3v) is 3.57. The van der Waals surface area contributed by atoms with Crippen molar-refractivity contribution in [2.75, 3.05) is 7.11 Å². The molecule has 2 rings (SSSR count). The Morgan fingerprint density at radius 3 is 2.14 bits per heavy atom. The van der Waals surface area contributed by atoms with E-state index in [1.165, 1.54) is 19.2 Å². The lowest BCUT2D eigenvalue weighted by Crippen LogP contribution is -2.53. The summed E-state index contributed by atoms with van der Waals surface area (Å²) in [7, 11) is 1.47. The molecule has 1 aliphatic heterocycles. The zero-order chi connectivity index (χ0) is 15.9. The fourth-order valence-corrected chi connectivity index (χ4v) is 2.59. The molecule has 0 saturated carbocycles. The van der Waals surface area contributed by atoms with Crippen molar-refractivity contribution >= 4 is 11.8 Å². The van der Waals surface area contributed by atoms with E-state index in [2.05, 4.69) is 0 Å². The number of ether oxygens (including phenoxy) is 1. The van der Waals surface area contributed by atoms with E-state index >= 15 is 0 Å². The van der Waals surface area contributed by atoms with Crippen LogP contribution in [-0.2, 0) is 0 Å². The Labute approximate surface area is 122 Å². The monoisotopic (exact) mass is 293 g/mol. The summed E-state index contributed by atoms with van der Waals surface area (Å²) in [4.78, 5) is 25.9. The molecule has 0 saturated heterocycles. The molecule has 0 bridgehead atoms. The molecule has 1 aromatic carbocycles. The minimum absolute atomic E-state index is 0.217. The maximum Gasteiger partial charge on any atom is 0.262 e. The molecule has 0 aliphatic carbocycles. The van der Waals surface area contributed by atoms with Gasteiger partial charge in [0.2, 0.25) is 0 Å². The molecule has 1 aromatic rings. The van der Waals surface area contributed by atoms with E-state index in [-0.39, 0.29) is 11.1 Å². The summed E-state index contributed by atoms with van der Waals surface area (Å²) in [5.41, 5.74) is -0.212. The molecule has 1 atom stereocenters. The van der Waals surface area contributed by atoms with Crippen molar-refractivity contribution in [2.24, 2.45) is 5.41 Å². The van der Waals surface area contributed by atoms with E-state index < -0.39 is 29.6 Å². The highest BCUT2D eigenvalue weighted by atomic mass is 16.5. The Kier molecular flexibility index (Phi) is 3.78. The SMILES string of the molecule is COc1ccc2c(c1)C(=O)N([C@H](C(O)O)C(C)(C)C)C2=O. The highest BCUT2D eigenvalue weighted by Crippen LogP contribution is 2.34. The van der Waals surface area contributed by atoms with Gasteiger partial charge in [0.25, 0.3) is 11.8 Å². The quantitative estimate of drug-likeness (QED) is 0.641. The normalized spacial score (nSPS) is 16.4. The van der Waals surface area contributed by atoms with E-state index in [1.807, 2.05) is 0 Å². The first kappa shape index (κ1) is 15.5. The third-order valence-electron chi connectivity index (χ3n) is 3.57. The van der Waals surface area contributed by atoms with E-state index in [1.54, 1.807) is 26.8 Å². The van der Waals surface area contributed by atoms with E-state index in [4.69, 9.17) is 4.74 Å². The average molecular weight is 293 g/mol. The highest BCUT2D eigenvalue weighted by Gasteiger charge is 2.47. The van der Waals surface area contributed by atoms with Gasteiger partial charge in [-0.2, -0.15) is 0 Å². The molecular weight excluding hydrogens is 274 g/mol. The smallest absolute Gasteiger partial charge is 0.262 e. The number of hydrogen-bond acceptors (Lipinski definition) is 5. The molecule has 114 valence electrons. The summed E-state index contributed by atoms with van der Waals surface area (Å²) in [6, 6.07) is 3.56. The highest BCUT2D eigenvalue weighted by molar-refractivity contribution is 6.21. The van der Waals surface area contributed by atoms with Crippen LogP contribution in [0.1, 0.15) is 41.5 Å². The number of methoxy groups -OCH3 is 1. The van der Waals surface area contributed by atoms with Crippen LogP contribution in [0.15, 0.2) is 18.2 Å². The van der Waals surface area contributed by atoms with E-state index in [9.17, 15) is 19.8 Å². The summed E-state index contributed by atoms with van der Waals surface area (Å²) < 4.78 is 5.05. The number of carbonyl (C=O) groups is 2. The first-order chi connectivity index (χ1) is 9.68. The number of rotatable bonds is 3. The van der Waals surface area contributed by atoms with Gasteiger partial charge in [0, 0.05) is 0 Å². The molecule has 6 heteroatoms. The van der Waals surface area contributed by atoms with Crippen molar-refractivity contribution in [3.63, 3.8) is 0 Å². The van der Waals surface area contributed by atoms with Gasteiger partial charge in [0.15, 0.2) is 6.29 Å². The Balaban J connectivity index is 2.50. The number of aliphatic hydroxyl groups excluding tert-OH is 1. The van der Waals surface area contributed by atoms with Crippen LogP contribution >= 0.6 is 0 Å². The van der Waals surface area contributed by atoms with Gasteiger partial charge in [-0.1, -0.05) is 20.8 Å². The van der Waals surface area contributed by atoms with Gasteiger partial charge in [-0.25, -0.2) is 0 Å². The molecule has 6 nitrogen and oxygen atoms in total. The van der Waals surface area contributed by atoms with Crippen LogP contribution in [0.25, 0.3) is 0 Å². The van der Waals surface area contributed by atoms with Crippen molar-refractivity contribution < 1.29 is 24.5 Å². The van der Waals surface area contributed by atoms with Crippen LogP contribution in [0.4, 0.5) is 0 Å². The first-order valence-corrected chi connectivity index (χ1v) is 6.60. The molecule has 1 aliphatic rings. The van der Waals surface area contributed by atoms with E-state index in [0.717, 1.165) is 4.90 Å². The molecule has 0 unspecified atom stereocenters. The predicted octanol–water partition coefficient (Wildman–Crippen LogP) is 1.02. The fraction of sp³-hybridized carbons (Fsp3) is 0.467. The molecule has 2 amide bonds. The number of benzene rings is 1. The number of fused-ring (bicyclic) bond motifs is 1. The van der Waals surface area contributed by atoms with Crippen LogP contribution in [-0.4, -0.2) is 46.4 Å². The second-order valence-corrected chi connectivity index (χ2v) is 6.12. The van der Waals surface area contributed by atoms with Crippen LogP contribution in [0.5, 0.6) is 5.75 Å². The minimum Gasteiger partial charge on any atom is -0.497 e. The number of aliphatic hydroxyl groups is 2. The molecule has 0 spiro atoms. The van der Waals surface area contributed by atoms with Crippen LogP contribution in [0.3, 0.4) is 0 Å². The molecule has 2 N–H and O–H groups in total. The molecular formula is C15H19NO5. The van der Waals surface area contributed by atoms with Gasteiger partial charge in [-0.15, -0.1) is 0 Å². The maximum atomic E-state index is 12.5. The summed E-state index contributed by atoms with van der Waals surface area (Å²) >= 11 is 0. The van der Waals surface area contributed by atoms with Gasteiger partial charge in [-0.3, -0.25) is 14.5 Å². The zero-order valence-electron chi connectivity index (χ0n) is 12.5. The molecule has 0 fully saturated rings. The average Bonchev–Trinajstić information content (AvgIpc) is 2.62. The Bertz CT molecular complexity index is 588. The number of carbonyl (C=O) groups excluding carboxylic acids is 2. The Hall–Kier alpha value is -1.92. The predicted molar refractivity (Wildman–Crippen MR) is 75.0 cm³/mol. The minimum atomic E-state index is -1.81. The first-order valence-electron chi connectivity index (χ1n) is 6.60. The third kappa shape index (κ3) is 2.52. The lowest BCUT2D eigenvalue weighted by atomic mass is 9.85. The topological polar surface area (TPSA) is 87.1 Å². The van der Waals surface area contributed by atoms with Gasteiger partial charge in [0.05, 0.1) is 24.3 Å². The van der Waals surface area contributed by atoms with Gasteiger partial charge in [-0.05, 0) is 23.6 Å². The molecule has 0 aromatic heterocycles. The number of amides is 2. The van der Waals surface area contributed by atoms with Crippen molar-refractivity contribution in [2.45, 2.75) is 33.1 Å². The lowest BCUT2D eigenvalue weighted by Gasteiger charge is -2.37. The molecule has 0 radical (unpaired) electrons. The zero-order valence-corrected chi connectivity index (χ0v) is 12.5. The van der Waals surface area contributed by atoms with Crippen LogP contribution in [0, 0.1) is 5.41 Å². The summed E-state index contributed by atoms with van der Waals surface area (Å²) in [5.74, 6) is -0.596. The number of nitrogens with zero attached hydrogens (tertiary/aromatic N) is 1. The lowest BCUT2D eigenvalue weighted by molar-refractivity contribution is -0.114. The largest absolute Gasteiger partial charge is 0.497 e. The van der Waals surface area contributed by atoms with Crippen molar-refractivity contribution in [3.05, 3.63) is 29.3 Å². The number of imide groups is 1. The van der Waals surface area contributed by atoms with Gasteiger partial charge >= 0.3 is 0 Å². The fourth-order valence-electron chi connectivity index (χ4n) is 2.59. The van der Waals surface area contributed by atoms with Crippen molar-refractivity contribution in [1.82, 2.24) is 4.90 Å². The standard InChI is InChI=1S/C15H19NO5/c1-15(2,3)11(14(19)20)16-12(17)9-6-5-8(21-4)7-10(9)13(16)18/h5-7,11,14,19-20H,1-4H3/t11-/m1/s1. The van der Waals surface area contributed by atoms with Crippen LogP contribution < -0.4 is 4.74 Å². The van der Waals surface area contributed by atoms with E-state index in [0.29, 0.717) is 5.75 Å². The molecule has 1 heterocycles. The number of hydrogen-bond donors (Lipinski definition) is 2. The van der Waals surface area contributed by atoms with Gasteiger partial charge < -0.3 is 14.9 Å². The molecule has 21 heavy (non-hydrogen) atoms.